The Morgan fingerprint density at radius 3 is 1.12 bits per heavy atom. The third-order valence-corrected chi connectivity index (χ3v) is 3.76. The van der Waals surface area contributed by atoms with Crippen LogP contribution in [0.25, 0.3) is 0 Å². The Morgan fingerprint density at radius 2 is 0.846 bits per heavy atom. The third-order valence-electron chi connectivity index (χ3n) is 3.76. The van der Waals surface area contributed by atoms with Crippen LogP contribution in [0.4, 0.5) is 9.59 Å². The van der Waals surface area contributed by atoms with Crippen molar-refractivity contribution in [2.75, 3.05) is 0 Å². The summed E-state index contributed by atoms with van der Waals surface area (Å²) in [5.74, 6) is 0.727. The first-order valence-corrected chi connectivity index (χ1v) is 8.11. The average molecular weight is 358 g/mol. The molecule has 0 atom stereocenters. The van der Waals surface area contributed by atoms with Gasteiger partial charge in [-0.1, -0.05) is 35.4 Å². The van der Waals surface area contributed by atoms with Crippen LogP contribution in [-0.2, 0) is 9.78 Å². The first-order valence-electron chi connectivity index (χ1n) is 8.11. The van der Waals surface area contributed by atoms with Crippen molar-refractivity contribution in [2.24, 2.45) is 0 Å². The molecular weight excluding hydrogens is 336 g/mol. The van der Waals surface area contributed by atoms with E-state index in [0.29, 0.717) is 11.5 Å². The summed E-state index contributed by atoms with van der Waals surface area (Å²) in [4.78, 5) is 32.3. The highest BCUT2D eigenvalue weighted by Crippen LogP contribution is 2.26. The summed E-state index contributed by atoms with van der Waals surface area (Å²) in [7, 11) is 0. The van der Waals surface area contributed by atoms with Gasteiger partial charge in [0.25, 0.3) is 0 Å². The topological polar surface area (TPSA) is 71.1 Å². The molecule has 0 spiro atoms. The number of rotatable bonds is 2. The van der Waals surface area contributed by atoms with Gasteiger partial charge in [-0.05, 0) is 63.8 Å². The van der Waals surface area contributed by atoms with E-state index < -0.39 is 12.3 Å². The van der Waals surface area contributed by atoms with Crippen molar-refractivity contribution in [2.45, 2.75) is 41.5 Å². The summed E-state index contributed by atoms with van der Waals surface area (Å²) in [5.41, 5.74) is 5.18. The van der Waals surface area contributed by atoms with Crippen molar-refractivity contribution in [1.29, 1.82) is 0 Å². The predicted molar refractivity (Wildman–Crippen MR) is 95.5 cm³/mol. The van der Waals surface area contributed by atoms with Crippen molar-refractivity contribution >= 4 is 12.3 Å². The second-order valence-corrected chi connectivity index (χ2v) is 6.33. The van der Waals surface area contributed by atoms with E-state index in [1.165, 1.54) is 0 Å². The van der Waals surface area contributed by atoms with E-state index in [9.17, 15) is 9.59 Å². The molecule has 6 nitrogen and oxygen atoms in total. The number of ether oxygens (including phenoxy) is 2. The van der Waals surface area contributed by atoms with Gasteiger partial charge in [0, 0.05) is 0 Å². The highest BCUT2D eigenvalue weighted by Gasteiger charge is 2.18. The van der Waals surface area contributed by atoms with Crippen molar-refractivity contribution in [3.63, 3.8) is 0 Å². The zero-order chi connectivity index (χ0) is 19.4. The van der Waals surface area contributed by atoms with Gasteiger partial charge in [0.1, 0.15) is 11.5 Å². The van der Waals surface area contributed by atoms with Gasteiger partial charge in [0.05, 0.1) is 0 Å². The van der Waals surface area contributed by atoms with Crippen LogP contribution in [0.5, 0.6) is 11.5 Å². The first-order chi connectivity index (χ1) is 12.2. The molecule has 0 heterocycles. The molecule has 0 aliphatic heterocycles. The van der Waals surface area contributed by atoms with Gasteiger partial charge >= 0.3 is 12.3 Å². The van der Waals surface area contributed by atoms with Gasteiger partial charge in [-0.3, -0.25) is 0 Å². The molecule has 0 N–H and O–H groups in total. The van der Waals surface area contributed by atoms with E-state index in [-0.39, 0.29) is 0 Å². The van der Waals surface area contributed by atoms with Crippen LogP contribution in [0.15, 0.2) is 24.3 Å². The molecule has 2 aromatic carbocycles. The summed E-state index contributed by atoms with van der Waals surface area (Å²) >= 11 is 0. The third kappa shape index (κ3) is 4.75. The Hall–Kier alpha value is -3.02. The molecule has 0 amide bonds. The minimum Gasteiger partial charge on any atom is -0.392 e. The van der Waals surface area contributed by atoms with E-state index in [2.05, 4.69) is 9.78 Å². The molecule has 0 fully saturated rings. The zero-order valence-corrected chi connectivity index (χ0v) is 15.8. The maximum absolute atomic E-state index is 11.8. The van der Waals surface area contributed by atoms with Crippen molar-refractivity contribution in [3.05, 3.63) is 57.6 Å². The maximum Gasteiger partial charge on any atom is 0.555 e. The Bertz CT molecular complexity index is 736. The molecule has 26 heavy (non-hydrogen) atoms. The molecule has 0 saturated heterocycles. The molecule has 0 aromatic heterocycles. The van der Waals surface area contributed by atoms with E-state index in [4.69, 9.17) is 9.47 Å². The number of carbonyl (C=O) groups excluding carboxylic acids is 2. The number of carbonyl (C=O) groups is 2. The molecule has 6 heteroatoms. The molecule has 0 radical (unpaired) electrons. The molecule has 2 rings (SSSR count). The standard InChI is InChI=1S/C20H22O6/c1-11-7-13(3)17(14(4)8-11)23-19(21)25-26-20(22)24-18-15(5)9-12(2)10-16(18)6/h7-10H,1-6H3. The van der Waals surface area contributed by atoms with Gasteiger partial charge in [-0.25, -0.2) is 0 Å². The molecule has 0 aliphatic rings. The summed E-state index contributed by atoms with van der Waals surface area (Å²) in [6, 6.07) is 7.47. The largest absolute Gasteiger partial charge is 0.555 e. The Labute approximate surface area is 152 Å². The monoisotopic (exact) mass is 358 g/mol. The first kappa shape index (κ1) is 19.3. The number of aryl methyl sites for hydroxylation is 6. The van der Waals surface area contributed by atoms with Crippen LogP contribution in [0, 0.1) is 41.5 Å². The average Bonchev–Trinajstić information content (AvgIpc) is 2.52. The van der Waals surface area contributed by atoms with Gasteiger partial charge in [0.2, 0.25) is 0 Å². The lowest BCUT2D eigenvalue weighted by Crippen LogP contribution is -2.18. The fraction of sp³-hybridized carbons (Fsp3) is 0.300. The van der Waals surface area contributed by atoms with Crippen LogP contribution < -0.4 is 9.47 Å². The predicted octanol–water partition coefficient (Wildman–Crippen LogP) is 5.18. The SMILES string of the molecule is Cc1cc(C)c(OC(=O)OOC(=O)Oc2c(C)cc(C)cc2C)c(C)c1. The lowest BCUT2D eigenvalue weighted by Gasteiger charge is -2.12. The molecule has 0 unspecified atom stereocenters. The molecule has 0 saturated carbocycles. The fourth-order valence-electron chi connectivity index (χ4n) is 2.92. The zero-order valence-electron chi connectivity index (χ0n) is 15.8. The highest BCUT2D eigenvalue weighted by atomic mass is 17.3. The number of hydrogen-bond acceptors (Lipinski definition) is 6. The molecular formula is C20H22O6. The fourth-order valence-corrected chi connectivity index (χ4v) is 2.92. The number of benzene rings is 2. The van der Waals surface area contributed by atoms with Crippen LogP contribution in [0.1, 0.15) is 33.4 Å². The lowest BCUT2D eigenvalue weighted by atomic mass is 10.1. The Morgan fingerprint density at radius 1 is 0.577 bits per heavy atom. The van der Waals surface area contributed by atoms with Crippen LogP contribution in [0.3, 0.4) is 0 Å². The second kappa shape index (κ2) is 7.91. The van der Waals surface area contributed by atoms with Crippen LogP contribution in [-0.4, -0.2) is 12.3 Å². The van der Waals surface area contributed by atoms with E-state index in [1.807, 2.05) is 38.1 Å². The highest BCUT2D eigenvalue weighted by molar-refractivity contribution is 5.69. The van der Waals surface area contributed by atoms with Gasteiger partial charge in [-0.15, -0.1) is 0 Å². The lowest BCUT2D eigenvalue weighted by molar-refractivity contribution is -0.203. The van der Waals surface area contributed by atoms with Gasteiger partial charge < -0.3 is 9.47 Å². The number of hydrogen-bond donors (Lipinski definition) is 0. The second-order valence-electron chi connectivity index (χ2n) is 6.33. The van der Waals surface area contributed by atoms with E-state index in [0.717, 1.165) is 33.4 Å². The molecule has 0 bridgehead atoms. The smallest absolute Gasteiger partial charge is 0.392 e. The van der Waals surface area contributed by atoms with E-state index >= 15 is 0 Å². The van der Waals surface area contributed by atoms with Crippen molar-refractivity contribution in [3.8, 4) is 11.5 Å². The van der Waals surface area contributed by atoms with Gasteiger partial charge in [-0.2, -0.15) is 19.4 Å². The summed E-state index contributed by atoms with van der Waals surface area (Å²) in [6.45, 7) is 11.1. The van der Waals surface area contributed by atoms with Crippen molar-refractivity contribution < 1.29 is 28.8 Å². The normalized spacial score (nSPS) is 10.2. The summed E-state index contributed by atoms with van der Waals surface area (Å²) in [6.07, 6.45) is -2.32. The van der Waals surface area contributed by atoms with Crippen LogP contribution in [0.2, 0.25) is 0 Å². The molecule has 0 aliphatic carbocycles. The minimum absolute atomic E-state index is 0.364. The maximum atomic E-state index is 11.8. The molecule has 2 aromatic rings. The van der Waals surface area contributed by atoms with Crippen LogP contribution >= 0.6 is 0 Å². The summed E-state index contributed by atoms with van der Waals surface area (Å²) in [5, 5.41) is 0. The minimum atomic E-state index is -1.16. The Kier molecular flexibility index (Phi) is 5.87. The summed E-state index contributed by atoms with van der Waals surface area (Å²) < 4.78 is 10.2. The molecule has 138 valence electrons. The Balaban J connectivity index is 1.95. The van der Waals surface area contributed by atoms with Crippen molar-refractivity contribution in [1.82, 2.24) is 0 Å². The quantitative estimate of drug-likeness (QED) is 0.319. The van der Waals surface area contributed by atoms with E-state index in [1.54, 1.807) is 27.7 Å². The van der Waals surface area contributed by atoms with Gasteiger partial charge in [0.15, 0.2) is 0 Å².